The fourth-order valence-electron chi connectivity index (χ4n) is 2.59. The molecule has 1 radical (unpaired) electrons. The van der Waals surface area contributed by atoms with E-state index in [1.165, 1.54) is 16.4 Å². The molecular formula is C14H24N4O2SY. The van der Waals surface area contributed by atoms with Crippen molar-refractivity contribution in [3.63, 3.8) is 0 Å². The molecule has 2 rings (SSSR count). The second kappa shape index (κ2) is 8.17. The number of amides is 1. The van der Waals surface area contributed by atoms with E-state index in [0.29, 0.717) is 30.1 Å². The maximum atomic E-state index is 12.5. The fourth-order valence-corrected chi connectivity index (χ4v) is 3.71. The number of hydrogen-bond acceptors (Lipinski definition) is 6. The van der Waals surface area contributed by atoms with Crippen LogP contribution in [0.1, 0.15) is 53.9 Å². The van der Waals surface area contributed by atoms with Crippen LogP contribution in [0.15, 0.2) is 0 Å². The summed E-state index contributed by atoms with van der Waals surface area (Å²) in [6, 6.07) is 0. The minimum absolute atomic E-state index is 0. The topological polar surface area (TPSA) is 105 Å². The van der Waals surface area contributed by atoms with E-state index < -0.39 is 5.66 Å². The summed E-state index contributed by atoms with van der Waals surface area (Å²) in [5.41, 5.74) is 12.9. The molecule has 0 aliphatic carbocycles. The van der Waals surface area contributed by atoms with E-state index in [4.69, 9.17) is 11.5 Å². The number of rotatable bonds is 5. The Kier molecular flexibility index (Phi) is 7.43. The average molecular weight is 401 g/mol. The number of nitrogens with zero attached hydrogens (tertiary/aromatic N) is 1. The van der Waals surface area contributed by atoms with Gasteiger partial charge in [0.1, 0.15) is 0 Å². The van der Waals surface area contributed by atoms with Gasteiger partial charge in [0.05, 0.1) is 22.8 Å². The van der Waals surface area contributed by atoms with E-state index in [9.17, 15) is 10.0 Å². The molecule has 1 unspecified atom stereocenters. The van der Waals surface area contributed by atoms with Gasteiger partial charge in [0, 0.05) is 44.1 Å². The van der Waals surface area contributed by atoms with Crippen molar-refractivity contribution in [2.24, 2.45) is 5.73 Å². The van der Waals surface area contributed by atoms with Crippen LogP contribution in [0.2, 0.25) is 0 Å². The van der Waals surface area contributed by atoms with Gasteiger partial charge in [-0.25, -0.2) is 0 Å². The van der Waals surface area contributed by atoms with Crippen LogP contribution >= 0.6 is 11.3 Å². The third-order valence-corrected chi connectivity index (χ3v) is 4.79. The maximum Gasteiger partial charge on any atom is 0.255 e. The summed E-state index contributed by atoms with van der Waals surface area (Å²) >= 11 is 1.37. The van der Waals surface area contributed by atoms with Gasteiger partial charge in [-0.2, -0.15) is 5.06 Å². The Morgan fingerprint density at radius 2 is 2.23 bits per heavy atom. The molecular weight excluding hydrogens is 377 g/mol. The first-order chi connectivity index (χ1) is 9.84. The maximum absolute atomic E-state index is 12.5. The van der Waals surface area contributed by atoms with Crippen molar-refractivity contribution >= 4 is 22.2 Å². The molecule has 0 saturated carbocycles. The summed E-state index contributed by atoms with van der Waals surface area (Å²) in [5.74, 6) is -0.211. The largest absolute Gasteiger partial charge is 0.390 e. The summed E-state index contributed by atoms with van der Waals surface area (Å²) in [6.45, 7) is 4.85. The number of nitrogen functional groups attached to an aromatic ring is 1. The minimum atomic E-state index is -0.730. The molecule has 1 aromatic rings. The summed E-state index contributed by atoms with van der Waals surface area (Å²) in [6.07, 6.45) is 3.35. The third kappa shape index (κ3) is 4.72. The normalized spacial score (nSPS) is 17.3. The molecule has 0 aromatic carbocycles. The Morgan fingerprint density at radius 1 is 1.55 bits per heavy atom. The number of nitrogens with one attached hydrogen (secondary N) is 1. The van der Waals surface area contributed by atoms with Crippen molar-refractivity contribution in [2.75, 3.05) is 12.3 Å². The van der Waals surface area contributed by atoms with Crippen LogP contribution in [0.25, 0.3) is 0 Å². The van der Waals surface area contributed by atoms with E-state index in [-0.39, 0.29) is 38.6 Å². The van der Waals surface area contributed by atoms with Crippen molar-refractivity contribution in [3.05, 3.63) is 16.0 Å². The van der Waals surface area contributed by atoms with E-state index in [2.05, 4.69) is 12.2 Å². The third-order valence-electron chi connectivity index (χ3n) is 3.74. The molecule has 1 amide bonds. The molecule has 6 nitrogen and oxygen atoms in total. The Labute approximate surface area is 160 Å². The van der Waals surface area contributed by atoms with Crippen LogP contribution in [-0.4, -0.2) is 28.4 Å². The second-order valence-corrected chi connectivity index (χ2v) is 6.99. The van der Waals surface area contributed by atoms with E-state index >= 15 is 0 Å². The van der Waals surface area contributed by atoms with Crippen LogP contribution in [-0.2, 0) is 45.7 Å². The van der Waals surface area contributed by atoms with Gasteiger partial charge in [-0.15, -0.1) is 11.3 Å². The van der Waals surface area contributed by atoms with Gasteiger partial charge >= 0.3 is 0 Å². The van der Waals surface area contributed by atoms with Crippen LogP contribution in [0, 0.1) is 0 Å². The number of nitrogens with two attached hydrogens (primary N) is 2. The van der Waals surface area contributed by atoms with Gasteiger partial charge in [-0.1, -0.05) is 19.8 Å². The first-order valence-corrected chi connectivity index (χ1v) is 8.11. The smallest absolute Gasteiger partial charge is 0.255 e. The zero-order valence-electron chi connectivity index (χ0n) is 13.2. The van der Waals surface area contributed by atoms with E-state index in [1.54, 1.807) is 0 Å². The molecule has 0 bridgehead atoms. The van der Waals surface area contributed by atoms with Gasteiger partial charge in [0.15, 0.2) is 0 Å². The van der Waals surface area contributed by atoms with Crippen molar-refractivity contribution in [1.29, 1.82) is 0 Å². The standard InChI is InChI=1S/C14H24N4O2S.Y/c1-3-4-6-14(2,16)17-13(19)11-9-5-7-18(20)8-10(9)21-12(11)15;/h20H,3-8,15-16H2,1-2H3,(H,17,19);. The number of hydroxylamine groups is 2. The number of fused-ring (bicyclic) bond motifs is 1. The van der Waals surface area contributed by atoms with Crippen LogP contribution in [0.5, 0.6) is 0 Å². The number of carbonyl (C=O) groups is 1. The Balaban J connectivity index is 0.00000242. The minimum Gasteiger partial charge on any atom is -0.390 e. The van der Waals surface area contributed by atoms with Gasteiger partial charge in [-0.3, -0.25) is 4.79 Å². The van der Waals surface area contributed by atoms with E-state index in [0.717, 1.165) is 29.7 Å². The Bertz CT molecular complexity index is 533. The Hall–Kier alpha value is -0.0461. The average Bonchev–Trinajstić information content (AvgIpc) is 2.71. The van der Waals surface area contributed by atoms with Crippen LogP contribution in [0.3, 0.4) is 0 Å². The molecule has 121 valence electrons. The zero-order chi connectivity index (χ0) is 15.6. The quantitative estimate of drug-likeness (QED) is 0.562. The summed E-state index contributed by atoms with van der Waals surface area (Å²) in [7, 11) is 0. The molecule has 0 spiro atoms. The number of carbonyl (C=O) groups excluding carboxylic acids is 1. The van der Waals surface area contributed by atoms with Gasteiger partial charge in [0.25, 0.3) is 5.91 Å². The van der Waals surface area contributed by atoms with E-state index in [1.807, 2.05) is 6.92 Å². The van der Waals surface area contributed by atoms with Crippen molar-refractivity contribution in [2.45, 2.75) is 51.7 Å². The summed E-state index contributed by atoms with van der Waals surface area (Å²) in [5, 5.41) is 14.2. The number of hydrogen-bond donors (Lipinski definition) is 4. The molecule has 8 heteroatoms. The van der Waals surface area contributed by atoms with Gasteiger partial charge in [0.2, 0.25) is 0 Å². The van der Waals surface area contributed by atoms with Gasteiger partial charge in [-0.05, 0) is 25.3 Å². The number of anilines is 1. The SMILES string of the molecule is CCCCC(C)(N)NC(=O)c1c(N)sc2c1CCN(O)C2.[Y]. The van der Waals surface area contributed by atoms with Crippen LogP contribution < -0.4 is 16.8 Å². The summed E-state index contributed by atoms with van der Waals surface area (Å²) < 4.78 is 0. The Morgan fingerprint density at radius 3 is 2.86 bits per heavy atom. The first-order valence-electron chi connectivity index (χ1n) is 7.29. The fraction of sp³-hybridized carbons (Fsp3) is 0.643. The first kappa shape index (κ1) is 20.0. The monoisotopic (exact) mass is 401 g/mol. The molecule has 1 atom stereocenters. The molecule has 1 aliphatic rings. The summed E-state index contributed by atoms with van der Waals surface area (Å²) in [4.78, 5) is 13.5. The van der Waals surface area contributed by atoms with Crippen molar-refractivity contribution < 1.29 is 42.7 Å². The molecule has 1 aromatic heterocycles. The van der Waals surface area contributed by atoms with Crippen molar-refractivity contribution in [1.82, 2.24) is 10.4 Å². The molecule has 0 fully saturated rings. The molecule has 0 saturated heterocycles. The van der Waals surface area contributed by atoms with Gasteiger partial charge < -0.3 is 22.0 Å². The zero-order valence-corrected chi connectivity index (χ0v) is 16.8. The molecule has 2 heterocycles. The van der Waals surface area contributed by atoms with Crippen LogP contribution in [0.4, 0.5) is 5.00 Å². The van der Waals surface area contributed by atoms with Crippen molar-refractivity contribution in [3.8, 4) is 0 Å². The number of thiophene rings is 1. The molecule has 1 aliphatic heterocycles. The second-order valence-electron chi connectivity index (χ2n) is 5.86. The molecule has 6 N–H and O–H groups in total. The predicted octanol–water partition coefficient (Wildman–Crippen LogP) is 1.67. The number of unbranched alkanes of at least 4 members (excludes halogenated alkanes) is 1. The molecule has 22 heavy (non-hydrogen) atoms. The predicted molar refractivity (Wildman–Crippen MR) is 84.2 cm³/mol.